The van der Waals surface area contributed by atoms with Crippen LogP contribution >= 0.6 is 11.8 Å². The van der Waals surface area contributed by atoms with Gasteiger partial charge in [-0.3, -0.25) is 0 Å². The lowest BCUT2D eigenvalue weighted by atomic mass is 9.93. The molecule has 19 heavy (non-hydrogen) atoms. The average Bonchev–Trinajstić information content (AvgIpc) is 2.62. The topological polar surface area (TPSA) is 15.3 Å². The van der Waals surface area contributed by atoms with Crippen LogP contribution < -0.4 is 5.32 Å². The molecule has 0 heterocycles. The van der Waals surface area contributed by atoms with Crippen molar-refractivity contribution in [1.29, 1.82) is 0 Å². The summed E-state index contributed by atoms with van der Waals surface area (Å²) in [6.45, 7) is 6.96. The van der Waals surface area contributed by atoms with Gasteiger partial charge in [-0.05, 0) is 45.0 Å². The molecule has 1 rings (SSSR count). The highest BCUT2D eigenvalue weighted by molar-refractivity contribution is 7.98. The number of nitrogens with one attached hydrogen (secondary N) is 1. The molecule has 0 aromatic rings. The van der Waals surface area contributed by atoms with Crippen LogP contribution in [0, 0.1) is 5.92 Å². The molecule has 1 saturated carbocycles. The first kappa shape index (κ1) is 17.3. The van der Waals surface area contributed by atoms with Gasteiger partial charge in [-0.2, -0.15) is 11.8 Å². The molecule has 0 saturated heterocycles. The van der Waals surface area contributed by atoms with E-state index in [1.165, 1.54) is 50.8 Å². The average molecular weight is 287 g/mol. The van der Waals surface area contributed by atoms with Gasteiger partial charge in [0.05, 0.1) is 0 Å². The molecule has 0 aliphatic heterocycles. The third-order valence-electron chi connectivity index (χ3n) is 4.60. The van der Waals surface area contributed by atoms with E-state index >= 15 is 0 Å². The molecule has 0 amide bonds. The van der Waals surface area contributed by atoms with Crippen molar-refractivity contribution in [2.75, 3.05) is 32.1 Å². The quantitative estimate of drug-likeness (QED) is 0.686. The molecule has 3 unspecified atom stereocenters. The molecule has 1 aliphatic rings. The summed E-state index contributed by atoms with van der Waals surface area (Å²) in [5.41, 5.74) is 0. The van der Waals surface area contributed by atoms with E-state index in [2.05, 4.69) is 37.4 Å². The zero-order chi connectivity index (χ0) is 14.1. The van der Waals surface area contributed by atoms with Gasteiger partial charge < -0.3 is 10.2 Å². The Morgan fingerprint density at radius 3 is 2.58 bits per heavy atom. The SMILES string of the molecule is CCNC1CCCCCC1CN(C)C(CC)CSC. The Labute approximate surface area is 125 Å². The fourth-order valence-electron chi connectivity index (χ4n) is 3.40. The molecule has 3 heteroatoms. The molecule has 114 valence electrons. The van der Waals surface area contributed by atoms with Crippen LogP contribution in [0.25, 0.3) is 0 Å². The summed E-state index contributed by atoms with van der Waals surface area (Å²) in [4.78, 5) is 2.62. The summed E-state index contributed by atoms with van der Waals surface area (Å²) in [5, 5.41) is 3.74. The number of rotatable bonds is 8. The minimum absolute atomic E-state index is 0.750. The van der Waals surface area contributed by atoms with Gasteiger partial charge in [0.25, 0.3) is 0 Å². The molecule has 1 N–H and O–H groups in total. The Morgan fingerprint density at radius 2 is 1.95 bits per heavy atom. The van der Waals surface area contributed by atoms with Gasteiger partial charge in [-0.25, -0.2) is 0 Å². The predicted octanol–water partition coefficient (Wildman–Crippen LogP) is 3.62. The Kier molecular flexibility index (Phi) is 9.17. The molecule has 0 aromatic heterocycles. The minimum Gasteiger partial charge on any atom is -0.314 e. The van der Waals surface area contributed by atoms with Crippen LogP contribution in [0.2, 0.25) is 0 Å². The monoisotopic (exact) mass is 286 g/mol. The van der Waals surface area contributed by atoms with E-state index in [9.17, 15) is 0 Å². The smallest absolute Gasteiger partial charge is 0.0180 e. The van der Waals surface area contributed by atoms with Crippen LogP contribution in [0.15, 0.2) is 0 Å². The standard InChI is InChI=1S/C16H34N2S/c1-5-15(13-19-4)18(3)12-14-10-8-7-9-11-16(14)17-6-2/h14-17H,5-13H2,1-4H3. The first-order chi connectivity index (χ1) is 9.22. The van der Waals surface area contributed by atoms with Gasteiger partial charge in [0.1, 0.15) is 0 Å². The van der Waals surface area contributed by atoms with Crippen molar-refractivity contribution in [2.24, 2.45) is 5.92 Å². The van der Waals surface area contributed by atoms with Gasteiger partial charge in [0.2, 0.25) is 0 Å². The van der Waals surface area contributed by atoms with E-state index in [-0.39, 0.29) is 0 Å². The summed E-state index contributed by atoms with van der Waals surface area (Å²) in [5.74, 6) is 2.12. The number of hydrogen-bond acceptors (Lipinski definition) is 3. The number of thioether (sulfide) groups is 1. The Bertz CT molecular complexity index is 223. The zero-order valence-corrected chi connectivity index (χ0v) is 14.3. The maximum atomic E-state index is 3.74. The molecular formula is C16H34N2S. The summed E-state index contributed by atoms with van der Waals surface area (Å²) in [7, 11) is 2.33. The first-order valence-electron chi connectivity index (χ1n) is 8.15. The second kappa shape index (κ2) is 10.1. The number of nitrogens with zero attached hydrogens (tertiary/aromatic N) is 1. The van der Waals surface area contributed by atoms with Crippen molar-refractivity contribution in [3.63, 3.8) is 0 Å². The maximum absolute atomic E-state index is 3.74. The fraction of sp³-hybridized carbons (Fsp3) is 1.00. The zero-order valence-electron chi connectivity index (χ0n) is 13.5. The summed E-state index contributed by atoms with van der Waals surface area (Å²) >= 11 is 1.98. The first-order valence-corrected chi connectivity index (χ1v) is 9.54. The van der Waals surface area contributed by atoms with Gasteiger partial charge in [-0.1, -0.05) is 33.1 Å². The van der Waals surface area contributed by atoms with E-state index in [4.69, 9.17) is 0 Å². The van der Waals surface area contributed by atoms with E-state index in [0.717, 1.165) is 24.5 Å². The molecule has 0 radical (unpaired) electrons. The lowest BCUT2D eigenvalue weighted by Gasteiger charge is -2.34. The Balaban J connectivity index is 2.53. The molecule has 2 nitrogen and oxygen atoms in total. The van der Waals surface area contributed by atoms with Crippen molar-refractivity contribution in [3.05, 3.63) is 0 Å². The van der Waals surface area contributed by atoms with Gasteiger partial charge in [0.15, 0.2) is 0 Å². The van der Waals surface area contributed by atoms with Crippen LogP contribution in [-0.4, -0.2) is 49.1 Å². The largest absolute Gasteiger partial charge is 0.314 e. The van der Waals surface area contributed by atoms with Gasteiger partial charge >= 0.3 is 0 Å². The van der Waals surface area contributed by atoms with Crippen molar-refractivity contribution in [2.45, 2.75) is 64.5 Å². The fourth-order valence-corrected chi connectivity index (χ4v) is 4.28. The molecule has 1 aliphatic carbocycles. The molecule has 0 aromatic carbocycles. The maximum Gasteiger partial charge on any atom is 0.0180 e. The predicted molar refractivity (Wildman–Crippen MR) is 89.1 cm³/mol. The van der Waals surface area contributed by atoms with Crippen molar-refractivity contribution in [3.8, 4) is 0 Å². The Hall–Kier alpha value is 0.270. The molecule has 1 fully saturated rings. The van der Waals surface area contributed by atoms with E-state index in [0.29, 0.717) is 0 Å². The minimum atomic E-state index is 0.750. The molecule has 0 bridgehead atoms. The molecule has 0 spiro atoms. The highest BCUT2D eigenvalue weighted by Gasteiger charge is 2.25. The lowest BCUT2D eigenvalue weighted by molar-refractivity contribution is 0.184. The molecule has 3 atom stereocenters. The van der Waals surface area contributed by atoms with E-state index < -0.39 is 0 Å². The summed E-state index contributed by atoms with van der Waals surface area (Å²) in [6, 6.07) is 1.50. The Morgan fingerprint density at radius 1 is 1.21 bits per heavy atom. The van der Waals surface area contributed by atoms with Crippen LogP contribution in [0.3, 0.4) is 0 Å². The van der Waals surface area contributed by atoms with Crippen molar-refractivity contribution in [1.82, 2.24) is 10.2 Å². The normalized spacial score (nSPS) is 26.4. The van der Waals surface area contributed by atoms with Crippen LogP contribution in [-0.2, 0) is 0 Å². The highest BCUT2D eigenvalue weighted by atomic mass is 32.2. The van der Waals surface area contributed by atoms with E-state index in [1.807, 2.05) is 11.8 Å². The van der Waals surface area contributed by atoms with E-state index in [1.54, 1.807) is 0 Å². The van der Waals surface area contributed by atoms with Crippen molar-refractivity contribution >= 4 is 11.8 Å². The molecular weight excluding hydrogens is 252 g/mol. The lowest BCUT2D eigenvalue weighted by Crippen LogP contribution is -2.44. The third-order valence-corrected chi connectivity index (χ3v) is 5.32. The van der Waals surface area contributed by atoms with Gasteiger partial charge in [0, 0.05) is 24.4 Å². The second-order valence-corrected chi connectivity index (χ2v) is 6.93. The third kappa shape index (κ3) is 6.05. The van der Waals surface area contributed by atoms with Gasteiger partial charge in [-0.15, -0.1) is 0 Å². The van der Waals surface area contributed by atoms with Crippen LogP contribution in [0.1, 0.15) is 52.4 Å². The van der Waals surface area contributed by atoms with Crippen LogP contribution in [0.5, 0.6) is 0 Å². The summed E-state index contributed by atoms with van der Waals surface area (Å²) in [6.07, 6.45) is 10.6. The second-order valence-electron chi connectivity index (χ2n) is 6.02. The highest BCUT2D eigenvalue weighted by Crippen LogP contribution is 2.25. The number of hydrogen-bond donors (Lipinski definition) is 1. The van der Waals surface area contributed by atoms with Crippen molar-refractivity contribution < 1.29 is 0 Å². The van der Waals surface area contributed by atoms with Crippen LogP contribution in [0.4, 0.5) is 0 Å². The summed E-state index contributed by atoms with van der Waals surface area (Å²) < 4.78 is 0.